The van der Waals surface area contributed by atoms with E-state index >= 15 is 0 Å². The van der Waals surface area contributed by atoms with E-state index in [4.69, 9.17) is 0 Å². The Balaban J connectivity index is 1.42. The molecule has 0 spiro atoms. The molecule has 6 nitrogen and oxygen atoms in total. The van der Waals surface area contributed by atoms with Gasteiger partial charge in [-0.2, -0.15) is 0 Å². The van der Waals surface area contributed by atoms with E-state index in [2.05, 4.69) is 10.3 Å². The minimum Gasteiger partial charge on any atom is -0.322 e. The summed E-state index contributed by atoms with van der Waals surface area (Å²) in [6.07, 6.45) is 5.23. The Hall–Kier alpha value is -4.11. The van der Waals surface area contributed by atoms with Gasteiger partial charge in [0.1, 0.15) is 0 Å². The highest BCUT2D eigenvalue weighted by Crippen LogP contribution is 2.23. The molecule has 0 aliphatic heterocycles. The molecule has 1 aromatic heterocycles. The number of pyridine rings is 1. The quantitative estimate of drug-likeness (QED) is 0.357. The van der Waals surface area contributed by atoms with Crippen molar-refractivity contribution in [3.8, 4) is 0 Å². The molecule has 0 unspecified atom stereocenters. The summed E-state index contributed by atoms with van der Waals surface area (Å²) in [5.41, 5.74) is 3.84. The van der Waals surface area contributed by atoms with Crippen molar-refractivity contribution in [2.45, 2.75) is 13.0 Å². The lowest BCUT2D eigenvalue weighted by molar-refractivity contribution is 0.102. The van der Waals surface area contributed by atoms with E-state index < -0.39 is 21.7 Å². The highest BCUT2D eigenvalue weighted by molar-refractivity contribution is 7.92. The second-order valence-electron chi connectivity index (χ2n) is 8.25. The summed E-state index contributed by atoms with van der Waals surface area (Å²) in [6, 6.07) is 20.7. The predicted molar refractivity (Wildman–Crippen MR) is 135 cm³/mol. The lowest BCUT2D eigenvalue weighted by Crippen LogP contribution is -2.29. The van der Waals surface area contributed by atoms with Crippen LogP contribution in [0.2, 0.25) is 0 Å². The Kier molecular flexibility index (Phi) is 7.40. The number of aromatic nitrogens is 1. The van der Waals surface area contributed by atoms with Crippen molar-refractivity contribution < 1.29 is 22.0 Å². The highest BCUT2D eigenvalue weighted by atomic mass is 32.2. The maximum atomic E-state index is 13.7. The van der Waals surface area contributed by atoms with E-state index in [1.807, 2.05) is 36.4 Å². The van der Waals surface area contributed by atoms with Gasteiger partial charge in [0.05, 0.1) is 18.5 Å². The number of rotatable bonds is 8. The molecule has 184 valence electrons. The highest BCUT2D eigenvalue weighted by Gasteiger charge is 2.20. The van der Waals surface area contributed by atoms with Crippen LogP contribution in [-0.2, 0) is 23.0 Å². The van der Waals surface area contributed by atoms with Crippen LogP contribution in [0.25, 0.3) is 0 Å². The van der Waals surface area contributed by atoms with E-state index in [-0.39, 0.29) is 18.1 Å². The molecule has 4 rings (SSSR count). The van der Waals surface area contributed by atoms with Crippen molar-refractivity contribution in [3.63, 3.8) is 0 Å². The molecule has 1 N–H and O–H groups in total. The van der Waals surface area contributed by atoms with Crippen molar-refractivity contribution in [3.05, 3.63) is 125 Å². The van der Waals surface area contributed by atoms with Crippen LogP contribution >= 0.6 is 0 Å². The number of nitrogens with one attached hydrogen (secondary N) is 1. The normalized spacial score (nSPS) is 11.2. The third-order valence-electron chi connectivity index (χ3n) is 5.50. The third kappa shape index (κ3) is 6.31. The van der Waals surface area contributed by atoms with Gasteiger partial charge in [-0.05, 0) is 71.6 Å². The Labute approximate surface area is 208 Å². The zero-order chi connectivity index (χ0) is 25.7. The number of halogens is 2. The molecule has 0 aliphatic carbocycles. The molecule has 1 amide bonds. The molecule has 4 aromatic rings. The van der Waals surface area contributed by atoms with Crippen molar-refractivity contribution in [2.75, 3.05) is 15.9 Å². The number of benzene rings is 3. The first-order valence-corrected chi connectivity index (χ1v) is 12.8. The Bertz CT molecular complexity index is 1460. The van der Waals surface area contributed by atoms with E-state index in [0.717, 1.165) is 40.2 Å². The average Bonchev–Trinajstić information content (AvgIpc) is 2.86. The molecule has 9 heteroatoms. The molecule has 0 saturated heterocycles. The second kappa shape index (κ2) is 10.7. The summed E-state index contributed by atoms with van der Waals surface area (Å²) in [7, 11) is -3.77. The molecule has 36 heavy (non-hydrogen) atoms. The van der Waals surface area contributed by atoms with Crippen LogP contribution in [0, 0.1) is 11.6 Å². The monoisotopic (exact) mass is 507 g/mol. The van der Waals surface area contributed by atoms with Crippen LogP contribution < -0.4 is 9.62 Å². The van der Waals surface area contributed by atoms with E-state index in [0.29, 0.717) is 16.8 Å². The third-order valence-corrected chi connectivity index (χ3v) is 6.64. The zero-order valence-electron chi connectivity index (χ0n) is 19.4. The zero-order valence-corrected chi connectivity index (χ0v) is 20.2. The lowest BCUT2D eigenvalue weighted by atomic mass is 10.1. The van der Waals surface area contributed by atoms with Gasteiger partial charge in [0.25, 0.3) is 5.91 Å². The summed E-state index contributed by atoms with van der Waals surface area (Å²) < 4.78 is 52.5. The van der Waals surface area contributed by atoms with Crippen LogP contribution in [0.3, 0.4) is 0 Å². The Morgan fingerprint density at radius 3 is 2.06 bits per heavy atom. The predicted octanol–water partition coefficient (Wildman–Crippen LogP) is 5.17. The maximum absolute atomic E-state index is 13.7. The maximum Gasteiger partial charge on any atom is 0.255 e. The van der Waals surface area contributed by atoms with Crippen molar-refractivity contribution in [1.29, 1.82) is 0 Å². The van der Waals surface area contributed by atoms with Gasteiger partial charge in [0.2, 0.25) is 10.0 Å². The fourth-order valence-electron chi connectivity index (χ4n) is 3.61. The van der Waals surface area contributed by atoms with Gasteiger partial charge in [0, 0.05) is 29.7 Å². The van der Waals surface area contributed by atoms with Crippen molar-refractivity contribution >= 4 is 27.3 Å². The minimum absolute atomic E-state index is 0.00518. The summed E-state index contributed by atoms with van der Waals surface area (Å²) in [6.45, 7) is -0.106. The second-order valence-corrected chi connectivity index (χ2v) is 10.2. The Morgan fingerprint density at radius 1 is 0.833 bits per heavy atom. The number of carbonyl (C=O) groups is 1. The fraction of sp³-hybridized carbons (Fsp3) is 0.111. The minimum atomic E-state index is -3.77. The smallest absolute Gasteiger partial charge is 0.255 e. The summed E-state index contributed by atoms with van der Waals surface area (Å²) in [5.74, 6) is -2.52. The molecule has 0 saturated carbocycles. The van der Waals surface area contributed by atoms with Gasteiger partial charge in [-0.1, -0.05) is 24.3 Å². The fourth-order valence-corrected chi connectivity index (χ4v) is 4.49. The number of anilines is 2. The van der Waals surface area contributed by atoms with Crippen LogP contribution in [0.4, 0.5) is 20.2 Å². The van der Waals surface area contributed by atoms with Gasteiger partial charge in [0.15, 0.2) is 11.6 Å². The average molecular weight is 508 g/mol. The van der Waals surface area contributed by atoms with Crippen LogP contribution in [0.5, 0.6) is 0 Å². The SMILES string of the molecule is CS(=O)(=O)N(Cc1ccc(C(=O)Nc2ccc(Cc3ccncc3)cc2)cc1)c1ccc(F)c(F)c1. The molecule has 0 bridgehead atoms. The number of sulfonamides is 1. The first-order valence-electron chi connectivity index (χ1n) is 11.0. The molecule has 0 radical (unpaired) electrons. The van der Waals surface area contributed by atoms with Crippen LogP contribution in [0.15, 0.2) is 91.3 Å². The summed E-state index contributed by atoms with van der Waals surface area (Å²) in [4.78, 5) is 16.7. The molecular weight excluding hydrogens is 484 g/mol. The van der Waals surface area contributed by atoms with Gasteiger partial charge >= 0.3 is 0 Å². The topological polar surface area (TPSA) is 79.4 Å². The molecule has 0 atom stereocenters. The van der Waals surface area contributed by atoms with Crippen molar-refractivity contribution in [2.24, 2.45) is 0 Å². The van der Waals surface area contributed by atoms with Crippen LogP contribution in [0.1, 0.15) is 27.0 Å². The van der Waals surface area contributed by atoms with E-state index in [1.54, 1.807) is 36.7 Å². The molecule has 0 aliphatic rings. The molecule has 3 aromatic carbocycles. The number of amides is 1. The van der Waals surface area contributed by atoms with Gasteiger partial charge in [-0.3, -0.25) is 14.1 Å². The largest absolute Gasteiger partial charge is 0.322 e. The number of carbonyl (C=O) groups excluding carboxylic acids is 1. The molecular formula is C27H23F2N3O3S. The molecule has 1 heterocycles. The van der Waals surface area contributed by atoms with Gasteiger partial charge in [-0.25, -0.2) is 17.2 Å². The van der Waals surface area contributed by atoms with Gasteiger partial charge < -0.3 is 5.32 Å². The summed E-state index contributed by atoms with van der Waals surface area (Å²) in [5, 5.41) is 2.84. The van der Waals surface area contributed by atoms with Gasteiger partial charge in [-0.15, -0.1) is 0 Å². The number of hydrogen-bond acceptors (Lipinski definition) is 4. The van der Waals surface area contributed by atoms with Crippen LogP contribution in [-0.4, -0.2) is 25.6 Å². The van der Waals surface area contributed by atoms with Crippen molar-refractivity contribution in [1.82, 2.24) is 4.98 Å². The molecule has 0 fully saturated rings. The number of nitrogens with zero attached hydrogens (tertiary/aromatic N) is 2. The number of hydrogen-bond donors (Lipinski definition) is 1. The van der Waals surface area contributed by atoms with E-state index in [1.165, 1.54) is 6.07 Å². The standard InChI is InChI=1S/C27H23F2N3O3S/c1-36(34,35)32(24-10-11-25(28)26(29)17-24)18-21-2-6-22(7-3-21)27(33)31-23-8-4-19(5-9-23)16-20-12-14-30-15-13-20/h2-15,17H,16,18H2,1H3,(H,31,33). The van der Waals surface area contributed by atoms with E-state index in [9.17, 15) is 22.0 Å². The Morgan fingerprint density at radius 2 is 1.44 bits per heavy atom. The first kappa shape index (κ1) is 25.0. The summed E-state index contributed by atoms with van der Waals surface area (Å²) >= 11 is 0. The first-order chi connectivity index (χ1) is 17.2. The lowest BCUT2D eigenvalue weighted by Gasteiger charge is -2.22.